The Labute approximate surface area is 105 Å². The number of nitrogens with zero attached hydrogens (tertiary/aromatic N) is 1. The minimum atomic E-state index is -0.358. The highest BCUT2D eigenvalue weighted by atomic mass is 17.1. The Morgan fingerprint density at radius 2 is 2.17 bits per heavy atom. The Morgan fingerprint density at radius 3 is 2.67 bits per heavy atom. The minimum absolute atomic E-state index is 0.0711. The van der Waals surface area contributed by atoms with Crippen LogP contribution in [-0.4, -0.2) is 36.5 Å². The van der Waals surface area contributed by atoms with Gasteiger partial charge >= 0.3 is 5.95 Å². The number of carbonyl (C=O) groups is 1. The fourth-order valence-electron chi connectivity index (χ4n) is 1.56. The quantitative estimate of drug-likeness (QED) is 0.515. The second-order valence-electron chi connectivity index (χ2n) is 4.91. The van der Waals surface area contributed by atoms with Crippen LogP contribution in [0.4, 0.5) is 0 Å². The monoisotopic (exact) mass is 257 g/mol. The summed E-state index contributed by atoms with van der Waals surface area (Å²) in [5.74, 6) is -0.529. The first-order valence-corrected chi connectivity index (χ1v) is 5.62. The molecule has 0 aliphatic carbocycles. The number of amides is 1. The third-order valence-corrected chi connectivity index (χ3v) is 2.56. The van der Waals surface area contributed by atoms with Crippen molar-refractivity contribution in [2.75, 3.05) is 20.1 Å². The van der Waals surface area contributed by atoms with Crippen molar-refractivity contribution in [3.8, 4) is 5.95 Å². The lowest BCUT2D eigenvalue weighted by atomic mass is 9.93. The van der Waals surface area contributed by atoms with Gasteiger partial charge in [0.05, 0.1) is 5.56 Å². The molecule has 0 aromatic carbocycles. The van der Waals surface area contributed by atoms with Crippen LogP contribution >= 0.6 is 0 Å². The van der Waals surface area contributed by atoms with Crippen molar-refractivity contribution >= 4 is 5.91 Å². The Balaban J connectivity index is 2.63. The molecular weight excluding hydrogens is 238 g/mol. The van der Waals surface area contributed by atoms with Crippen LogP contribution in [0.3, 0.4) is 0 Å². The van der Waals surface area contributed by atoms with Gasteiger partial charge in [-0.2, -0.15) is 5.26 Å². The second kappa shape index (κ2) is 5.83. The van der Waals surface area contributed by atoms with Gasteiger partial charge in [0.25, 0.3) is 5.91 Å². The van der Waals surface area contributed by atoms with Gasteiger partial charge in [0.15, 0.2) is 5.69 Å². The van der Waals surface area contributed by atoms with Crippen LogP contribution in [0, 0.1) is 12.3 Å². The number of hydrogen-bond donors (Lipinski definition) is 3. The summed E-state index contributed by atoms with van der Waals surface area (Å²) >= 11 is 0. The zero-order chi connectivity index (χ0) is 13.8. The van der Waals surface area contributed by atoms with E-state index >= 15 is 0 Å². The summed E-state index contributed by atoms with van der Waals surface area (Å²) in [4.78, 5) is 15.8. The van der Waals surface area contributed by atoms with Gasteiger partial charge in [-0.25, -0.2) is 0 Å². The van der Waals surface area contributed by atoms with Crippen LogP contribution in [0.15, 0.2) is 4.52 Å². The molecule has 1 aromatic rings. The molecular formula is C11H19N3O4. The van der Waals surface area contributed by atoms with Gasteiger partial charge in [0.2, 0.25) is 0 Å². The van der Waals surface area contributed by atoms with Crippen LogP contribution in [0.1, 0.15) is 29.9 Å². The van der Waals surface area contributed by atoms with Gasteiger partial charge in [-0.05, 0) is 19.4 Å². The van der Waals surface area contributed by atoms with Crippen molar-refractivity contribution in [2.24, 2.45) is 5.41 Å². The molecule has 3 N–H and O–H groups in total. The molecule has 7 heteroatoms. The summed E-state index contributed by atoms with van der Waals surface area (Å²) in [5.41, 5.74) is 0.402. The first-order chi connectivity index (χ1) is 8.41. The molecule has 0 aliphatic heterocycles. The van der Waals surface area contributed by atoms with Gasteiger partial charge in [-0.3, -0.25) is 9.68 Å². The van der Waals surface area contributed by atoms with Crippen LogP contribution in [0.25, 0.3) is 0 Å². The lowest BCUT2D eigenvalue weighted by molar-refractivity contribution is -0.158. The van der Waals surface area contributed by atoms with E-state index in [4.69, 9.17) is 5.26 Å². The van der Waals surface area contributed by atoms with E-state index in [0.29, 0.717) is 12.1 Å². The molecule has 18 heavy (non-hydrogen) atoms. The van der Waals surface area contributed by atoms with Crippen LogP contribution in [0.2, 0.25) is 0 Å². The predicted octanol–water partition coefficient (Wildman–Crippen LogP) is 0.810. The molecule has 0 saturated heterocycles. The maximum absolute atomic E-state index is 11.9. The number of nitrogens with one attached hydrogen (secondary N) is 2. The molecule has 1 heterocycles. The topological polar surface area (TPSA) is 96.6 Å². The highest BCUT2D eigenvalue weighted by Crippen LogP contribution is 2.20. The average Bonchev–Trinajstić information content (AvgIpc) is 2.67. The molecule has 1 amide bonds. The molecule has 0 radical (unpaired) electrons. The SMILES string of the molecule is CNCC(C)(C)CNC(=O)c1noc(OO)c1C. The largest absolute Gasteiger partial charge is 0.350 e. The fourth-order valence-corrected chi connectivity index (χ4v) is 1.56. The lowest BCUT2D eigenvalue weighted by Gasteiger charge is -2.24. The van der Waals surface area contributed by atoms with E-state index in [1.807, 2.05) is 20.9 Å². The maximum Gasteiger partial charge on any atom is 0.350 e. The molecule has 0 atom stereocenters. The highest BCUT2D eigenvalue weighted by molar-refractivity contribution is 5.93. The van der Waals surface area contributed by atoms with E-state index in [-0.39, 0.29) is 23.0 Å². The van der Waals surface area contributed by atoms with Crippen LogP contribution < -0.4 is 15.5 Å². The van der Waals surface area contributed by atoms with Crippen molar-refractivity contribution in [3.63, 3.8) is 0 Å². The fraction of sp³-hybridized carbons (Fsp3) is 0.636. The smallest absolute Gasteiger partial charge is 0.350 e. The summed E-state index contributed by atoms with van der Waals surface area (Å²) < 4.78 is 4.65. The van der Waals surface area contributed by atoms with E-state index in [0.717, 1.165) is 6.54 Å². The van der Waals surface area contributed by atoms with Crippen LogP contribution in [0.5, 0.6) is 5.95 Å². The van der Waals surface area contributed by atoms with Crippen LogP contribution in [-0.2, 0) is 0 Å². The van der Waals surface area contributed by atoms with Crippen molar-refractivity contribution in [1.29, 1.82) is 0 Å². The normalized spacial score (nSPS) is 11.4. The van der Waals surface area contributed by atoms with E-state index in [9.17, 15) is 4.79 Å². The predicted molar refractivity (Wildman–Crippen MR) is 64.5 cm³/mol. The maximum atomic E-state index is 11.9. The van der Waals surface area contributed by atoms with Gasteiger partial charge < -0.3 is 15.2 Å². The molecule has 0 fully saturated rings. The highest BCUT2D eigenvalue weighted by Gasteiger charge is 2.23. The first-order valence-electron chi connectivity index (χ1n) is 5.62. The number of carbonyl (C=O) groups excluding carboxylic acids is 1. The molecule has 1 aromatic heterocycles. The Morgan fingerprint density at radius 1 is 1.50 bits per heavy atom. The van der Waals surface area contributed by atoms with Crippen molar-refractivity contribution < 1.29 is 19.5 Å². The van der Waals surface area contributed by atoms with Gasteiger partial charge in [0.1, 0.15) is 0 Å². The summed E-state index contributed by atoms with van der Waals surface area (Å²) in [6.07, 6.45) is 0. The standard InChI is InChI=1S/C11H19N3O4/c1-7-8(14-17-10(7)18-16)9(15)13-6-11(2,3)5-12-4/h12,16H,5-6H2,1-4H3,(H,13,15). The van der Waals surface area contributed by atoms with Gasteiger partial charge in [-0.15, -0.1) is 0 Å². The molecule has 0 spiro atoms. The van der Waals surface area contributed by atoms with Crippen molar-refractivity contribution in [2.45, 2.75) is 20.8 Å². The average molecular weight is 257 g/mol. The molecule has 102 valence electrons. The zero-order valence-electron chi connectivity index (χ0n) is 11.0. The molecule has 0 unspecified atom stereocenters. The summed E-state index contributed by atoms with van der Waals surface area (Å²) in [7, 11) is 1.86. The third kappa shape index (κ3) is 3.44. The molecule has 0 saturated carbocycles. The molecule has 7 nitrogen and oxygen atoms in total. The number of hydrogen-bond acceptors (Lipinski definition) is 6. The first kappa shape index (κ1) is 14.5. The van der Waals surface area contributed by atoms with Crippen molar-refractivity contribution in [3.05, 3.63) is 11.3 Å². The van der Waals surface area contributed by atoms with E-state index < -0.39 is 0 Å². The Bertz CT molecular complexity index is 414. The van der Waals surface area contributed by atoms with E-state index in [1.165, 1.54) is 0 Å². The van der Waals surface area contributed by atoms with Gasteiger partial charge in [0, 0.05) is 13.1 Å². The van der Waals surface area contributed by atoms with Gasteiger partial charge in [-0.1, -0.05) is 19.0 Å². The minimum Gasteiger partial charge on any atom is -0.350 e. The Hall–Kier alpha value is -1.60. The third-order valence-electron chi connectivity index (χ3n) is 2.56. The Kier molecular flexibility index (Phi) is 4.69. The lowest BCUT2D eigenvalue weighted by Crippen LogP contribution is -2.39. The zero-order valence-corrected chi connectivity index (χ0v) is 11.0. The summed E-state index contributed by atoms with van der Waals surface area (Å²) in [6, 6.07) is 0. The summed E-state index contributed by atoms with van der Waals surface area (Å²) in [5, 5.41) is 17.8. The van der Waals surface area contributed by atoms with E-state index in [2.05, 4.69) is 25.2 Å². The van der Waals surface area contributed by atoms with Crippen molar-refractivity contribution in [1.82, 2.24) is 15.8 Å². The molecule has 0 bridgehead atoms. The molecule has 0 aliphatic rings. The number of rotatable bonds is 6. The molecule has 1 rings (SSSR count). The number of aromatic nitrogens is 1. The summed E-state index contributed by atoms with van der Waals surface area (Å²) in [6.45, 7) is 6.91. The second-order valence-corrected chi connectivity index (χ2v) is 4.91. The van der Waals surface area contributed by atoms with E-state index in [1.54, 1.807) is 6.92 Å².